The number of aliphatic imine (C=N–C) groups is 1. The van der Waals surface area contributed by atoms with Crippen molar-refractivity contribution in [2.75, 3.05) is 34.2 Å². The molecule has 0 amide bonds. The topological polar surface area (TPSA) is 55.5 Å². The summed E-state index contributed by atoms with van der Waals surface area (Å²) in [4.78, 5) is 9.28. The predicted molar refractivity (Wildman–Crippen MR) is 114 cm³/mol. The van der Waals surface area contributed by atoms with Gasteiger partial charge in [0.2, 0.25) is 0 Å². The number of guanidine groups is 1. The standard InChI is InChI=1S/C22H27F2N5/c1-25-22(26-12-11-15-13-27-19-10-5-4-7-16(15)19)28-14-20(29(2)3)21-17(23)8-6-9-18(21)24/h4-10,13,20,27H,11-12,14H2,1-3H3,(H2,25,26,28). The lowest BCUT2D eigenvalue weighted by molar-refractivity contribution is 0.282. The maximum absolute atomic E-state index is 14.2. The zero-order valence-corrected chi connectivity index (χ0v) is 17.0. The molecule has 1 unspecified atom stereocenters. The van der Waals surface area contributed by atoms with Crippen LogP contribution < -0.4 is 10.6 Å². The van der Waals surface area contributed by atoms with Crippen molar-refractivity contribution in [2.24, 2.45) is 4.99 Å². The first kappa shape index (κ1) is 20.8. The van der Waals surface area contributed by atoms with Gasteiger partial charge in [-0.3, -0.25) is 4.99 Å². The van der Waals surface area contributed by atoms with Crippen LogP contribution in [-0.4, -0.2) is 50.1 Å². The lowest BCUT2D eigenvalue weighted by Gasteiger charge is -2.26. The van der Waals surface area contributed by atoms with Crippen molar-refractivity contribution in [1.29, 1.82) is 0 Å². The van der Waals surface area contributed by atoms with E-state index in [2.05, 4.69) is 32.7 Å². The van der Waals surface area contributed by atoms with Gasteiger partial charge in [0.15, 0.2) is 5.96 Å². The molecule has 3 N–H and O–H groups in total. The van der Waals surface area contributed by atoms with Crippen LogP contribution in [0.25, 0.3) is 10.9 Å². The Bertz CT molecular complexity index is 960. The molecule has 7 heteroatoms. The van der Waals surface area contributed by atoms with Crippen LogP contribution in [0.3, 0.4) is 0 Å². The highest BCUT2D eigenvalue weighted by molar-refractivity contribution is 5.83. The summed E-state index contributed by atoms with van der Waals surface area (Å²) in [6, 6.07) is 11.6. The molecule has 0 aliphatic carbocycles. The highest BCUT2D eigenvalue weighted by Gasteiger charge is 2.22. The molecular weight excluding hydrogens is 372 g/mol. The number of hydrogen-bond donors (Lipinski definition) is 3. The van der Waals surface area contributed by atoms with Gasteiger partial charge < -0.3 is 20.5 Å². The van der Waals surface area contributed by atoms with Crippen LogP contribution >= 0.6 is 0 Å². The number of rotatable bonds is 7. The van der Waals surface area contributed by atoms with Crippen molar-refractivity contribution >= 4 is 16.9 Å². The van der Waals surface area contributed by atoms with Crippen LogP contribution in [-0.2, 0) is 6.42 Å². The van der Waals surface area contributed by atoms with E-state index in [1.165, 1.54) is 29.1 Å². The summed E-state index contributed by atoms with van der Waals surface area (Å²) < 4.78 is 28.4. The van der Waals surface area contributed by atoms with E-state index in [9.17, 15) is 8.78 Å². The quantitative estimate of drug-likeness (QED) is 0.421. The molecule has 0 bridgehead atoms. The van der Waals surface area contributed by atoms with E-state index in [0.29, 0.717) is 19.0 Å². The maximum atomic E-state index is 14.2. The van der Waals surface area contributed by atoms with Crippen molar-refractivity contribution in [2.45, 2.75) is 12.5 Å². The number of fused-ring (bicyclic) bond motifs is 1. The van der Waals surface area contributed by atoms with Crippen LogP contribution in [0, 0.1) is 11.6 Å². The second-order valence-electron chi connectivity index (χ2n) is 7.10. The molecule has 0 aliphatic rings. The third-order valence-electron chi connectivity index (χ3n) is 5.00. The van der Waals surface area contributed by atoms with Crippen molar-refractivity contribution < 1.29 is 8.78 Å². The second kappa shape index (κ2) is 9.52. The summed E-state index contributed by atoms with van der Waals surface area (Å²) in [6.45, 7) is 1.000. The zero-order valence-electron chi connectivity index (χ0n) is 17.0. The fourth-order valence-corrected chi connectivity index (χ4v) is 3.44. The number of para-hydroxylation sites is 1. The maximum Gasteiger partial charge on any atom is 0.191 e. The number of halogens is 2. The molecule has 29 heavy (non-hydrogen) atoms. The Morgan fingerprint density at radius 3 is 2.48 bits per heavy atom. The molecular formula is C22H27F2N5. The first-order valence-electron chi connectivity index (χ1n) is 9.61. The second-order valence-corrected chi connectivity index (χ2v) is 7.10. The number of nitrogens with zero attached hydrogens (tertiary/aromatic N) is 2. The van der Waals surface area contributed by atoms with Gasteiger partial charge >= 0.3 is 0 Å². The van der Waals surface area contributed by atoms with Gasteiger partial charge in [0.05, 0.1) is 6.04 Å². The molecule has 0 saturated heterocycles. The lowest BCUT2D eigenvalue weighted by atomic mass is 10.0. The average Bonchev–Trinajstić information content (AvgIpc) is 3.11. The summed E-state index contributed by atoms with van der Waals surface area (Å²) in [5, 5.41) is 7.65. The SMILES string of the molecule is CN=C(NCCc1c[nH]c2ccccc12)NCC(c1c(F)cccc1F)N(C)C. The van der Waals surface area contributed by atoms with Gasteiger partial charge in [-0.1, -0.05) is 24.3 Å². The first-order chi connectivity index (χ1) is 14.0. The number of benzene rings is 2. The van der Waals surface area contributed by atoms with E-state index in [4.69, 9.17) is 0 Å². The minimum Gasteiger partial charge on any atom is -0.361 e. The van der Waals surface area contributed by atoms with Gasteiger partial charge in [0.1, 0.15) is 11.6 Å². The molecule has 1 aromatic heterocycles. The van der Waals surface area contributed by atoms with E-state index < -0.39 is 17.7 Å². The molecule has 0 fully saturated rings. The third kappa shape index (κ3) is 4.92. The van der Waals surface area contributed by atoms with E-state index in [1.54, 1.807) is 26.0 Å². The highest BCUT2D eigenvalue weighted by Crippen LogP contribution is 2.24. The molecule has 1 heterocycles. The Hall–Kier alpha value is -2.93. The van der Waals surface area contributed by atoms with E-state index in [0.717, 1.165) is 11.9 Å². The lowest BCUT2D eigenvalue weighted by Crippen LogP contribution is -2.42. The largest absolute Gasteiger partial charge is 0.361 e. The summed E-state index contributed by atoms with van der Waals surface area (Å²) >= 11 is 0. The molecule has 0 radical (unpaired) electrons. The Kier molecular flexibility index (Phi) is 6.82. The van der Waals surface area contributed by atoms with Gasteiger partial charge in [-0.2, -0.15) is 0 Å². The molecule has 0 spiro atoms. The van der Waals surface area contributed by atoms with Crippen LogP contribution in [0.1, 0.15) is 17.2 Å². The summed E-state index contributed by atoms with van der Waals surface area (Å²) in [7, 11) is 5.27. The minimum absolute atomic E-state index is 0.0549. The Morgan fingerprint density at radius 2 is 1.79 bits per heavy atom. The molecule has 154 valence electrons. The summed E-state index contributed by atoms with van der Waals surface area (Å²) in [5.41, 5.74) is 2.40. The van der Waals surface area contributed by atoms with Gasteiger partial charge in [0, 0.05) is 42.8 Å². The van der Waals surface area contributed by atoms with E-state index in [1.807, 2.05) is 18.3 Å². The van der Waals surface area contributed by atoms with Gasteiger partial charge in [-0.25, -0.2) is 8.78 Å². The summed E-state index contributed by atoms with van der Waals surface area (Å²) in [5.74, 6) is -0.506. The Balaban J connectivity index is 1.59. The minimum atomic E-state index is -0.548. The fourth-order valence-electron chi connectivity index (χ4n) is 3.44. The molecule has 3 rings (SSSR count). The number of nitrogens with one attached hydrogen (secondary N) is 3. The smallest absolute Gasteiger partial charge is 0.191 e. The van der Waals surface area contributed by atoms with Crippen molar-refractivity contribution in [1.82, 2.24) is 20.5 Å². The number of hydrogen-bond acceptors (Lipinski definition) is 2. The fraction of sp³-hybridized carbons (Fsp3) is 0.318. The normalized spacial score (nSPS) is 13.1. The molecule has 5 nitrogen and oxygen atoms in total. The zero-order chi connectivity index (χ0) is 20.8. The van der Waals surface area contributed by atoms with Crippen LogP contribution in [0.4, 0.5) is 8.78 Å². The molecule has 1 atom stereocenters. The molecule has 2 aromatic carbocycles. The van der Waals surface area contributed by atoms with Gasteiger partial charge in [0.25, 0.3) is 0 Å². The Labute approximate surface area is 169 Å². The van der Waals surface area contributed by atoms with Crippen molar-refractivity contribution in [3.63, 3.8) is 0 Å². The number of aromatic amines is 1. The van der Waals surface area contributed by atoms with Crippen LogP contribution in [0.5, 0.6) is 0 Å². The average molecular weight is 399 g/mol. The van der Waals surface area contributed by atoms with Crippen molar-refractivity contribution in [3.8, 4) is 0 Å². The Morgan fingerprint density at radius 1 is 1.07 bits per heavy atom. The van der Waals surface area contributed by atoms with Crippen molar-refractivity contribution in [3.05, 3.63) is 71.4 Å². The van der Waals surface area contributed by atoms with Gasteiger partial charge in [-0.15, -0.1) is 0 Å². The summed E-state index contributed by atoms with van der Waals surface area (Å²) in [6.07, 6.45) is 2.84. The molecule has 0 aliphatic heterocycles. The van der Waals surface area contributed by atoms with Gasteiger partial charge in [-0.05, 0) is 44.3 Å². The van der Waals surface area contributed by atoms with E-state index >= 15 is 0 Å². The first-order valence-corrected chi connectivity index (χ1v) is 9.61. The van der Waals surface area contributed by atoms with E-state index in [-0.39, 0.29) is 5.56 Å². The van der Waals surface area contributed by atoms with Crippen LogP contribution in [0.2, 0.25) is 0 Å². The molecule has 3 aromatic rings. The third-order valence-corrected chi connectivity index (χ3v) is 5.00. The van der Waals surface area contributed by atoms with Crippen LogP contribution in [0.15, 0.2) is 53.7 Å². The number of H-pyrrole nitrogens is 1. The highest BCUT2D eigenvalue weighted by atomic mass is 19.1. The number of aromatic nitrogens is 1. The monoisotopic (exact) mass is 399 g/mol. The number of likely N-dealkylation sites (N-methyl/N-ethyl adjacent to an activating group) is 1. The predicted octanol–water partition coefficient (Wildman–Crippen LogP) is 3.46. The molecule has 0 saturated carbocycles.